The number of likely N-dealkylation sites (N-methyl/N-ethyl adjacent to an activating group) is 1. The zero-order valence-electron chi connectivity index (χ0n) is 20.4. The first-order valence-corrected chi connectivity index (χ1v) is 13.7. The Morgan fingerprint density at radius 2 is 1.94 bits per heavy atom. The number of anilines is 1. The highest BCUT2D eigenvalue weighted by atomic mass is 32.2. The van der Waals surface area contributed by atoms with Crippen LogP contribution in [0.4, 0.5) is 5.82 Å². The van der Waals surface area contributed by atoms with Crippen molar-refractivity contribution < 1.29 is 13.2 Å². The van der Waals surface area contributed by atoms with Gasteiger partial charge >= 0.3 is 6.01 Å². The number of piperidine rings is 1. The molecule has 0 aliphatic carbocycles. The molecule has 1 aromatic carbocycles. The van der Waals surface area contributed by atoms with Gasteiger partial charge < -0.3 is 14.5 Å². The number of hydrogen-bond donors (Lipinski definition) is 0. The third-order valence-electron chi connectivity index (χ3n) is 7.40. The third-order valence-corrected chi connectivity index (χ3v) is 9.35. The first-order chi connectivity index (χ1) is 16.9. The molecule has 1 aromatic heterocycles. The number of benzene rings is 1. The molecule has 35 heavy (non-hydrogen) atoms. The van der Waals surface area contributed by atoms with Crippen LogP contribution in [0.1, 0.15) is 42.5 Å². The molecule has 3 aliphatic rings. The van der Waals surface area contributed by atoms with Crippen molar-refractivity contribution in [3.05, 3.63) is 41.1 Å². The first-order valence-electron chi connectivity index (χ1n) is 12.3. The molecule has 2 atom stereocenters. The highest BCUT2D eigenvalue weighted by Gasteiger charge is 2.37. The molecule has 0 radical (unpaired) electrons. The highest BCUT2D eigenvalue weighted by Crippen LogP contribution is 2.36. The SMILES string of the molecule is Cc1ccccc1S(=O)(=O)N1Cc2nc(OC[C@@H]3CCCN3C)nc(N3CCC[C@@H](C#N)C3)c2C1. The maximum atomic E-state index is 13.5. The summed E-state index contributed by atoms with van der Waals surface area (Å²) in [7, 11) is -1.60. The van der Waals surface area contributed by atoms with Crippen LogP contribution >= 0.6 is 0 Å². The van der Waals surface area contributed by atoms with Gasteiger partial charge in [-0.25, -0.2) is 8.42 Å². The van der Waals surface area contributed by atoms with E-state index in [1.54, 1.807) is 12.1 Å². The van der Waals surface area contributed by atoms with E-state index in [9.17, 15) is 13.7 Å². The van der Waals surface area contributed by atoms with Crippen molar-refractivity contribution in [3.63, 3.8) is 0 Å². The van der Waals surface area contributed by atoms with Crippen molar-refractivity contribution >= 4 is 15.8 Å². The maximum Gasteiger partial charge on any atom is 0.318 e. The van der Waals surface area contributed by atoms with E-state index in [0.717, 1.165) is 44.3 Å². The van der Waals surface area contributed by atoms with E-state index in [4.69, 9.17) is 9.72 Å². The number of sulfonamides is 1. The lowest BCUT2D eigenvalue weighted by atomic mass is 9.99. The topological polar surface area (TPSA) is 103 Å². The molecule has 0 saturated carbocycles. The lowest BCUT2D eigenvalue weighted by molar-refractivity contribution is 0.187. The molecule has 2 saturated heterocycles. The van der Waals surface area contributed by atoms with Crippen molar-refractivity contribution in [2.45, 2.75) is 56.6 Å². The molecule has 5 rings (SSSR count). The number of aromatic nitrogens is 2. The monoisotopic (exact) mass is 496 g/mol. The summed E-state index contributed by atoms with van der Waals surface area (Å²) in [4.78, 5) is 14.1. The summed E-state index contributed by atoms with van der Waals surface area (Å²) in [6, 6.07) is 10.0. The predicted octanol–water partition coefficient (Wildman–Crippen LogP) is 2.70. The molecule has 4 heterocycles. The van der Waals surface area contributed by atoms with Crippen molar-refractivity contribution in [1.29, 1.82) is 5.26 Å². The van der Waals surface area contributed by atoms with Gasteiger partial charge in [0.25, 0.3) is 0 Å². The minimum Gasteiger partial charge on any atom is -0.462 e. The van der Waals surface area contributed by atoms with Crippen molar-refractivity contribution in [2.24, 2.45) is 5.92 Å². The Balaban J connectivity index is 1.46. The Labute approximate surface area is 207 Å². The molecule has 3 aliphatic heterocycles. The number of nitriles is 1. The van der Waals surface area contributed by atoms with Crippen LogP contribution in [0.3, 0.4) is 0 Å². The smallest absolute Gasteiger partial charge is 0.318 e. The van der Waals surface area contributed by atoms with Crippen LogP contribution in [0.15, 0.2) is 29.2 Å². The van der Waals surface area contributed by atoms with Crippen LogP contribution in [-0.2, 0) is 23.1 Å². The number of aryl methyl sites for hydroxylation is 1. The molecule has 2 fully saturated rings. The standard InChI is InChI=1S/C25H32N6O3S/c1-18-7-3-4-10-23(18)35(32,33)31-15-21-22(16-31)27-25(34-17-20-9-6-11-29(20)2)28-24(21)30-12-5-8-19(13-26)14-30/h3-4,7,10,19-20H,5-6,8-9,11-12,14-17H2,1-2H3/t19-,20-/m0/s1. The zero-order valence-corrected chi connectivity index (χ0v) is 21.2. The molecular weight excluding hydrogens is 464 g/mol. The molecule has 2 aromatic rings. The van der Waals surface area contributed by atoms with E-state index in [1.165, 1.54) is 4.31 Å². The molecule has 186 valence electrons. The summed E-state index contributed by atoms with van der Waals surface area (Å²) in [6.07, 6.45) is 3.99. The lowest BCUT2D eigenvalue weighted by Gasteiger charge is -2.32. The number of nitrogens with zero attached hydrogens (tertiary/aromatic N) is 6. The van der Waals surface area contributed by atoms with Crippen LogP contribution in [0.5, 0.6) is 6.01 Å². The summed E-state index contributed by atoms with van der Waals surface area (Å²) in [5.74, 6) is 0.631. The number of likely N-dealkylation sites (tertiary alicyclic amines) is 1. The summed E-state index contributed by atoms with van der Waals surface area (Å²) in [5, 5.41) is 9.51. The van der Waals surface area contributed by atoms with Crippen LogP contribution in [0, 0.1) is 24.2 Å². The van der Waals surface area contributed by atoms with Crippen LogP contribution in [0.2, 0.25) is 0 Å². The van der Waals surface area contributed by atoms with E-state index in [2.05, 4.69) is 27.9 Å². The van der Waals surface area contributed by atoms with E-state index < -0.39 is 10.0 Å². The Morgan fingerprint density at radius 1 is 1.14 bits per heavy atom. The predicted molar refractivity (Wildman–Crippen MR) is 131 cm³/mol. The van der Waals surface area contributed by atoms with Gasteiger partial charge in [0.15, 0.2) is 0 Å². The van der Waals surface area contributed by atoms with Crippen LogP contribution in [-0.4, -0.2) is 66.9 Å². The second kappa shape index (κ2) is 9.72. The van der Waals surface area contributed by atoms with E-state index in [0.29, 0.717) is 41.2 Å². The van der Waals surface area contributed by atoms with Gasteiger partial charge in [0.1, 0.15) is 12.4 Å². The fourth-order valence-corrected chi connectivity index (χ4v) is 6.90. The average molecular weight is 497 g/mol. The Morgan fingerprint density at radius 3 is 2.69 bits per heavy atom. The van der Waals surface area contributed by atoms with Gasteiger partial charge in [-0.15, -0.1) is 0 Å². The fourth-order valence-electron chi connectivity index (χ4n) is 5.30. The molecular formula is C25H32N6O3S. The number of ether oxygens (including phenoxy) is 1. The molecule has 10 heteroatoms. The van der Waals surface area contributed by atoms with Gasteiger partial charge in [0.2, 0.25) is 10.0 Å². The number of hydrogen-bond acceptors (Lipinski definition) is 8. The summed E-state index contributed by atoms with van der Waals surface area (Å²) < 4.78 is 34.6. The van der Waals surface area contributed by atoms with Gasteiger partial charge in [0, 0.05) is 31.2 Å². The molecule has 0 N–H and O–H groups in total. The Hall–Kier alpha value is -2.74. The third kappa shape index (κ3) is 4.73. The lowest BCUT2D eigenvalue weighted by Crippen LogP contribution is -2.36. The van der Waals surface area contributed by atoms with Crippen LogP contribution < -0.4 is 9.64 Å². The molecule has 0 amide bonds. The Bertz CT molecular complexity index is 1240. The second-order valence-corrected chi connectivity index (χ2v) is 11.7. The normalized spacial score (nSPS) is 23.3. The Kier molecular flexibility index (Phi) is 6.66. The van der Waals surface area contributed by atoms with Gasteiger partial charge in [-0.05, 0) is 57.8 Å². The summed E-state index contributed by atoms with van der Waals surface area (Å²) >= 11 is 0. The largest absolute Gasteiger partial charge is 0.462 e. The first kappa shape index (κ1) is 24.0. The van der Waals surface area contributed by atoms with Gasteiger partial charge in [-0.3, -0.25) is 0 Å². The fraction of sp³-hybridized carbons (Fsp3) is 0.560. The number of fused-ring (bicyclic) bond motifs is 1. The molecule has 9 nitrogen and oxygen atoms in total. The average Bonchev–Trinajstić information content (AvgIpc) is 3.48. The minimum atomic E-state index is -3.70. The molecule has 0 bridgehead atoms. The van der Waals surface area contributed by atoms with Gasteiger partial charge in [-0.1, -0.05) is 18.2 Å². The van der Waals surface area contributed by atoms with E-state index >= 15 is 0 Å². The number of rotatable bonds is 6. The van der Waals surface area contributed by atoms with Gasteiger partial charge in [-0.2, -0.15) is 19.5 Å². The van der Waals surface area contributed by atoms with Crippen molar-refractivity contribution in [3.8, 4) is 12.1 Å². The highest BCUT2D eigenvalue weighted by molar-refractivity contribution is 7.89. The van der Waals surface area contributed by atoms with Crippen LogP contribution in [0.25, 0.3) is 0 Å². The second-order valence-electron chi connectivity index (χ2n) is 9.80. The van der Waals surface area contributed by atoms with Crippen molar-refractivity contribution in [2.75, 3.05) is 38.2 Å². The molecule has 0 spiro atoms. The quantitative estimate of drug-likeness (QED) is 0.602. The zero-order chi connectivity index (χ0) is 24.6. The summed E-state index contributed by atoms with van der Waals surface area (Å²) in [5.41, 5.74) is 2.21. The van der Waals surface area contributed by atoms with E-state index in [-0.39, 0.29) is 25.0 Å². The minimum absolute atomic E-state index is 0.0703. The van der Waals surface area contributed by atoms with Gasteiger partial charge in [0.05, 0.1) is 29.1 Å². The summed E-state index contributed by atoms with van der Waals surface area (Å²) in [6.45, 7) is 5.10. The maximum absolute atomic E-state index is 13.5. The van der Waals surface area contributed by atoms with E-state index in [1.807, 2.05) is 19.1 Å². The van der Waals surface area contributed by atoms with Crippen molar-refractivity contribution in [1.82, 2.24) is 19.2 Å². The molecule has 0 unspecified atom stereocenters.